The second-order valence-electron chi connectivity index (χ2n) is 4.71. The number of allylic oxidation sites excluding steroid dienone is 1. The Kier molecular flexibility index (Phi) is 4.95. The Labute approximate surface area is 142 Å². The van der Waals surface area contributed by atoms with E-state index >= 15 is 0 Å². The Morgan fingerprint density at radius 3 is 2.70 bits per heavy atom. The number of para-hydroxylation sites is 1. The van der Waals surface area contributed by atoms with Gasteiger partial charge in [0.15, 0.2) is 5.78 Å². The standard InChI is InChI=1S/C18H13ClO3S/c19-18-11-10-17(23-18)16(20)9-8-14-6-7-15(22-14)12-21-13-4-2-1-3-5-13/h1-11H,12H2/b9-8+. The van der Waals surface area contributed by atoms with Gasteiger partial charge in [-0.1, -0.05) is 29.8 Å². The molecular formula is C18H13ClO3S. The van der Waals surface area contributed by atoms with Gasteiger partial charge >= 0.3 is 0 Å². The topological polar surface area (TPSA) is 39.4 Å². The predicted octanol–water partition coefficient (Wildman–Crippen LogP) is 5.47. The van der Waals surface area contributed by atoms with Crippen molar-refractivity contribution in [3.8, 4) is 5.75 Å². The van der Waals surface area contributed by atoms with Crippen molar-refractivity contribution in [3.63, 3.8) is 0 Å². The van der Waals surface area contributed by atoms with Crippen LogP contribution in [0.1, 0.15) is 21.2 Å². The zero-order valence-electron chi connectivity index (χ0n) is 12.1. The molecule has 3 rings (SSSR count). The number of rotatable bonds is 6. The summed E-state index contributed by atoms with van der Waals surface area (Å²) in [5.41, 5.74) is 0. The second-order valence-corrected chi connectivity index (χ2v) is 6.42. The summed E-state index contributed by atoms with van der Waals surface area (Å²) < 4.78 is 11.8. The maximum atomic E-state index is 11.9. The van der Waals surface area contributed by atoms with E-state index in [1.165, 1.54) is 17.4 Å². The molecule has 3 nitrogen and oxygen atoms in total. The highest BCUT2D eigenvalue weighted by atomic mass is 35.5. The SMILES string of the molecule is O=C(/C=C/c1ccc(COc2ccccc2)o1)c1ccc(Cl)s1. The number of hydrogen-bond acceptors (Lipinski definition) is 4. The Balaban J connectivity index is 1.58. The highest BCUT2D eigenvalue weighted by Crippen LogP contribution is 2.22. The molecule has 0 fully saturated rings. The third-order valence-corrected chi connectivity index (χ3v) is 4.27. The van der Waals surface area contributed by atoms with Gasteiger partial charge in [-0.2, -0.15) is 0 Å². The molecular weight excluding hydrogens is 332 g/mol. The fourth-order valence-electron chi connectivity index (χ4n) is 1.92. The quantitative estimate of drug-likeness (QED) is 0.439. The molecule has 2 aromatic heterocycles. The molecule has 0 atom stereocenters. The van der Waals surface area contributed by atoms with Crippen LogP contribution in [0.4, 0.5) is 0 Å². The smallest absolute Gasteiger partial charge is 0.195 e. The Bertz CT molecular complexity index is 818. The number of benzene rings is 1. The first-order valence-electron chi connectivity index (χ1n) is 6.95. The number of ketones is 1. The molecule has 0 aliphatic carbocycles. The summed E-state index contributed by atoms with van der Waals surface area (Å²) in [6.07, 6.45) is 3.12. The maximum absolute atomic E-state index is 11.9. The van der Waals surface area contributed by atoms with Crippen LogP contribution in [0.25, 0.3) is 6.08 Å². The summed E-state index contributed by atoms with van der Waals surface area (Å²) in [4.78, 5) is 12.5. The number of halogens is 1. The first-order valence-corrected chi connectivity index (χ1v) is 8.14. The first kappa shape index (κ1) is 15.6. The minimum absolute atomic E-state index is 0.0969. The zero-order valence-corrected chi connectivity index (χ0v) is 13.6. The lowest BCUT2D eigenvalue weighted by molar-refractivity contribution is 0.105. The van der Waals surface area contributed by atoms with Crippen LogP contribution in [0, 0.1) is 0 Å². The first-order chi connectivity index (χ1) is 11.2. The molecule has 0 aliphatic rings. The zero-order chi connectivity index (χ0) is 16.1. The van der Waals surface area contributed by atoms with Crippen molar-refractivity contribution in [2.75, 3.05) is 0 Å². The van der Waals surface area contributed by atoms with Crippen LogP contribution in [0.2, 0.25) is 4.34 Å². The number of carbonyl (C=O) groups excluding carboxylic acids is 1. The maximum Gasteiger partial charge on any atom is 0.195 e. The molecule has 3 aromatic rings. The molecule has 0 amide bonds. The minimum Gasteiger partial charge on any atom is -0.486 e. The fraction of sp³-hybridized carbons (Fsp3) is 0.0556. The van der Waals surface area contributed by atoms with Crippen LogP contribution in [-0.4, -0.2) is 5.78 Å². The number of thiophene rings is 1. The van der Waals surface area contributed by atoms with Gasteiger partial charge in [-0.15, -0.1) is 11.3 Å². The summed E-state index contributed by atoms with van der Waals surface area (Å²) in [6, 6.07) is 16.6. The number of furan rings is 1. The second kappa shape index (κ2) is 7.31. The Morgan fingerprint density at radius 2 is 1.96 bits per heavy atom. The lowest BCUT2D eigenvalue weighted by Crippen LogP contribution is -1.92. The largest absolute Gasteiger partial charge is 0.486 e. The monoisotopic (exact) mass is 344 g/mol. The molecule has 0 saturated heterocycles. The molecule has 1 aromatic carbocycles. The highest BCUT2D eigenvalue weighted by molar-refractivity contribution is 7.18. The van der Waals surface area contributed by atoms with Crippen molar-refractivity contribution < 1.29 is 13.9 Å². The third kappa shape index (κ3) is 4.34. The third-order valence-electron chi connectivity index (χ3n) is 3.02. The molecule has 0 aliphatic heterocycles. The molecule has 0 unspecified atom stereocenters. The van der Waals surface area contributed by atoms with Gasteiger partial charge in [-0.25, -0.2) is 0 Å². The van der Waals surface area contributed by atoms with Gasteiger partial charge < -0.3 is 9.15 Å². The van der Waals surface area contributed by atoms with E-state index in [1.54, 1.807) is 24.3 Å². The van der Waals surface area contributed by atoms with Crippen LogP contribution < -0.4 is 4.74 Å². The highest BCUT2D eigenvalue weighted by Gasteiger charge is 2.06. The summed E-state index contributed by atoms with van der Waals surface area (Å²) in [6.45, 7) is 0.340. The van der Waals surface area contributed by atoms with Crippen molar-refractivity contribution in [2.45, 2.75) is 6.61 Å². The molecule has 0 N–H and O–H groups in total. The number of hydrogen-bond donors (Lipinski definition) is 0. The van der Waals surface area contributed by atoms with E-state index in [0.717, 1.165) is 5.75 Å². The van der Waals surface area contributed by atoms with Crippen molar-refractivity contribution in [1.29, 1.82) is 0 Å². The summed E-state index contributed by atoms with van der Waals surface area (Å²) in [5, 5.41) is 0. The summed E-state index contributed by atoms with van der Waals surface area (Å²) in [7, 11) is 0. The Morgan fingerprint density at radius 1 is 1.13 bits per heavy atom. The average molecular weight is 345 g/mol. The van der Waals surface area contributed by atoms with Crippen LogP contribution in [0.5, 0.6) is 5.75 Å². The average Bonchev–Trinajstić information content (AvgIpc) is 3.21. The predicted molar refractivity (Wildman–Crippen MR) is 92.2 cm³/mol. The van der Waals surface area contributed by atoms with Gasteiger partial charge in [0.2, 0.25) is 0 Å². The van der Waals surface area contributed by atoms with Gasteiger partial charge in [0.05, 0.1) is 9.21 Å². The molecule has 0 saturated carbocycles. The van der Waals surface area contributed by atoms with E-state index < -0.39 is 0 Å². The van der Waals surface area contributed by atoms with Crippen molar-refractivity contribution in [3.05, 3.63) is 81.4 Å². The van der Waals surface area contributed by atoms with Gasteiger partial charge in [0, 0.05) is 0 Å². The van der Waals surface area contributed by atoms with E-state index in [9.17, 15) is 4.79 Å². The molecule has 23 heavy (non-hydrogen) atoms. The van der Waals surface area contributed by atoms with Crippen molar-refractivity contribution in [1.82, 2.24) is 0 Å². The van der Waals surface area contributed by atoms with Crippen LogP contribution in [0.3, 0.4) is 0 Å². The van der Waals surface area contributed by atoms with E-state index in [2.05, 4.69) is 0 Å². The molecule has 0 bridgehead atoms. The van der Waals surface area contributed by atoms with Gasteiger partial charge in [0.25, 0.3) is 0 Å². The molecule has 5 heteroatoms. The van der Waals surface area contributed by atoms with Crippen LogP contribution in [-0.2, 0) is 6.61 Å². The summed E-state index contributed by atoms with van der Waals surface area (Å²) in [5.74, 6) is 1.99. The lowest BCUT2D eigenvalue weighted by Gasteiger charge is -2.02. The molecule has 0 spiro atoms. The normalized spacial score (nSPS) is 11.0. The summed E-state index contributed by atoms with van der Waals surface area (Å²) >= 11 is 7.08. The van der Waals surface area contributed by atoms with E-state index in [1.807, 2.05) is 36.4 Å². The number of carbonyl (C=O) groups is 1. The van der Waals surface area contributed by atoms with Crippen molar-refractivity contribution >= 4 is 34.8 Å². The minimum atomic E-state index is -0.0969. The lowest BCUT2D eigenvalue weighted by atomic mass is 10.3. The van der Waals surface area contributed by atoms with Crippen molar-refractivity contribution in [2.24, 2.45) is 0 Å². The molecule has 116 valence electrons. The van der Waals surface area contributed by atoms with E-state index in [0.29, 0.717) is 27.3 Å². The van der Waals surface area contributed by atoms with Gasteiger partial charge in [0.1, 0.15) is 23.9 Å². The van der Waals surface area contributed by atoms with E-state index in [4.69, 9.17) is 20.8 Å². The van der Waals surface area contributed by atoms with Gasteiger partial charge in [-0.3, -0.25) is 4.79 Å². The molecule has 2 heterocycles. The fourth-order valence-corrected chi connectivity index (χ4v) is 2.88. The number of ether oxygens (including phenoxy) is 1. The Hall–Kier alpha value is -2.30. The van der Waals surface area contributed by atoms with Crippen LogP contribution in [0.15, 0.2) is 65.1 Å². The van der Waals surface area contributed by atoms with E-state index in [-0.39, 0.29) is 5.78 Å². The van der Waals surface area contributed by atoms with Gasteiger partial charge in [-0.05, 0) is 48.6 Å². The van der Waals surface area contributed by atoms with Crippen LogP contribution >= 0.6 is 22.9 Å². The molecule has 0 radical (unpaired) electrons.